The Bertz CT molecular complexity index is 1030. The summed E-state index contributed by atoms with van der Waals surface area (Å²) in [7, 11) is 0. The van der Waals surface area contributed by atoms with Gasteiger partial charge >= 0.3 is 6.09 Å². The van der Waals surface area contributed by atoms with E-state index < -0.39 is 12.2 Å². The zero-order chi connectivity index (χ0) is 20.8. The molecule has 1 atom stereocenters. The van der Waals surface area contributed by atoms with Crippen LogP contribution in [0.3, 0.4) is 0 Å². The molecule has 3 aliphatic rings. The molecule has 154 valence electrons. The van der Waals surface area contributed by atoms with E-state index in [1.165, 1.54) is 16.2 Å². The van der Waals surface area contributed by atoms with Crippen molar-refractivity contribution in [3.05, 3.63) is 52.4 Å². The van der Waals surface area contributed by atoms with Crippen molar-refractivity contribution < 1.29 is 23.9 Å². The Hall–Kier alpha value is -3.20. The minimum Gasteiger partial charge on any atom is -0.442 e. The molecule has 2 aromatic rings. The Kier molecular flexibility index (Phi) is 4.54. The SMILES string of the molecule is O=C1CCCN1Cc1csc(N2C[C@H](CN3C(=O)c4ccccc4C3=O)OC2=O)c1. The first-order valence-corrected chi connectivity index (χ1v) is 10.7. The van der Waals surface area contributed by atoms with Gasteiger partial charge in [-0.15, -0.1) is 11.3 Å². The summed E-state index contributed by atoms with van der Waals surface area (Å²) >= 11 is 1.41. The van der Waals surface area contributed by atoms with Gasteiger partial charge < -0.3 is 9.64 Å². The molecule has 0 bridgehead atoms. The lowest BCUT2D eigenvalue weighted by atomic mass is 10.1. The summed E-state index contributed by atoms with van der Waals surface area (Å²) in [6.07, 6.45) is 0.385. The number of rotatable bonds is 5. The Labute approximate surface area is 176 Å². The van der Waals surface area contributed by atoms with Crippen molar-refractivity contribution in [3.8, 4) is 0 Å². The van der Waals surface area contributed by atoms with Crippen LogP contribution in [-0.4, -0.2) is 59.4 Å². The summed E-state index contributed by atoms with van der Waals surface area (Å²) in [5.41, 5.74) is 1.73. The van der Waals surface area contributed by atoms with Crippen LogP contribution in [-0.2, 0) is 16.1 Å². The topological polar surface area (TPSA) is 87.2 Å². The normalized spacial score (nSPS) is 21.1. The minimum absolute atomic E-state index is 0.0229. The Morgan fingerprint density at radius 2 is 1.80 bits per heavy atom. The van der Waals surface area contributed by atoms with Crippen molar-refractivity contribution in [2.45, 2.75) is 25.5 Å². The van der Waals surface area contributed by atoms with Gasteiger partial charge in [-0.1, -0.05) is 12.1 Å². The smallest absolute Gasteiger partial charge is 0.415 e. The maximum atomic E-state index is 12.5. The maximum absolute atomic E-state index is 12.5. The van der Waals surface area contributed by atoms with E-state index in [-0.39, 0.29) is 30.8 Å². The number of hydrogen-bond donors (Lipinski definition) is 0. The third-order valence-corrected chi connectivity index (χ3v) is 6.59. The number of benzene rings is 1. The van der Waals surface area contributed by atoms with Crippen LogP contribution in [0.1, 0.15) is 39.1 Å². The lowest BCUT2D eigenvalue weighted by Crippen LogP contribution is -2.38. The van der Waals surface area contributed by atoms with Crippen molar-refractivity contribution in [2.75, 3.05) is 24.5 Å². The summed E-state index contributed by atoms with van der Waals surface area (Å²) in [5.74, 6) is -0.568. The van der Waals surface area contributed by atoms with Crippen LogP contribution >= 0.6 is 11.3 Å². The molecule has 0 aliphatic carbocycles. The second-order valence-electron chi connectivity index (χ2n) is 7.59. The summed E-state index contributed by atoms with van der Waals surface area (Å²) in [6.45, 7) is 1.58. The van der Waals surface area contributed by atoms with Crippen molar-refractivity contribution in [1.29, 1.82) is 0 Å². The van der Waals surface area contributed by atoms with Gasteiger partial charge in [-0.05, 0) is 35.6 Å². The highest BCUT2D eigenvalue weighted by Gasteiger charge is 2.41. The Morgan fingerprint density at radius 3 is 2.47 bits per heavy atom. The largest absolute Gasteiger partial charge is 0.442 e. The highest BCUT2D eigenvalue weighted by Crippen LogP contribution is 2.31. The zero-order valence-electron chi connectivity index (χ0n) is 16.1. The summed E-state index contributed by atoms with van der Waals surface area (Å²) in [5, 5.41) is 2.66. The molecule has 8 nitrogen and oxygen atoms in total. The number of carbonyl (C=O) groups is 4. The van der Waals surface area contributed by atoms with E-state index in [0.29, 0.717) is 24.1 Å². The molecule has 0 unspecified atom stereocenters. The molecule has 3 aliphatic heterocycles. The number of carbonyl (C=O) groups excluding carboxylic acids is 4. The van der Waals surface area contributed by atoms with Crippen LogP contribution in [0.4, 0.5) is 9.80 Å². The van der Waals surface area contributed by atoms with Crippen molar-refractivity contribution in [3.63, 3.8) is 0 Å². The number of likely N-dealkylation sites (tertiary alicyclic amines) is 1. The molecule has 0 saturated carbocycles. The molecule has 9 heteroatoms. The molecule has 2 fully saturated rings. The monoisotopic (exact) mass is 425 g/mol. The summed E-state index contributed by atoms with van der Waals surface area (Å²) in [4.78, 5) is 53.8. The Balaban J connectivity index is 1.25. The van der Waals surface area contributed by atoms with E-state index in [1.54, 1.807) is 24.3 Å². The first kappa shape index (κ1) is 18.8. The van der Waals surface area contributed by atoms with E-state index in [9.17, 15) is 19.2 Å². The standard InChI is InChI=1S/C21H19N3O5S/c25-17-6-3-7-22(17)9-13-8-18(30-12-13)23-10-14(29-21(23)28)11-24-19(26)15-4-1-2-5-16(15)20(24)27/h1-2,4-5,8,12,14H,3,6-7,9-11H2/t14-/m1/s1. The fourth-order valence-corrected chi connectivity index (χ4v) is 4.99. The molecule has 0 N–H and O–H groups in total. The summed E-state index contributed by atoms with van der Waals surface area (Å²) < 4.78 is 5.43. The van der Waals surface area contributed by atoms with E-state index in [0.717, 1.165) is 28.4 Å². The first-order chi connectivity index (χ1) is 14.5. The Morgan fingerprint density at radius 1 is 1.07 bits per heavy atom. The van der Waals surface area contributed by atoms with Crippen LogP contribution in [0.15, 0.2) is 35.7 Å². The second kappa shape index (κ2) is 7.24. The number of anilines is 1. The lowest BCUT2D eigenvalue weighted by molar-refractivity contribution is -0.128. The van der Waals surface area contributed by atoms with E-state index >= 15 is 0 Å². The van der Waals surface area contributed by atoms with Crippen LogP contribution in [0.25, 0.3) is 0 Å². The summed E-state index contributed by atoms with van der Waals surface area (Å²) in [6, 6.07) is 8.58. The number of thiophene rings is 1. The highest BCUT2D eigenvalue weighted by atomic mass is 32.1. The molecule has 1 aromatic heterocycles. The molecule has 2 saturated heterocycles. The van der Waals surface area contributed by atoms with Gasteiger partial charge in [-0.25, -0.2) is 4.79 Å². The predicted octanol–water partition coefficient (Wildman–Crippen LogP) is 2.49. The lowest BCUT2D eigenvalue weighted by Gasteiger charge is -2.17. The van der Waals surface area contributed by atoms with Crippen molar-refractivity contribution >= 4 is 40.2 Å². The van der Waals surface area contributed by atoms with Gasteiger partial charge in [-0.2, -0.15) is 0 Å². The van der Waals surface area contributed by atoms with Gasteiger partial charge in [0.25, 0.3) is 11.8 Å². The molecule has 30 heavy (non-hydrogen) atoms. The number of amides is 4. The first-order valence-electron chi connectivity index (χ1n) is 9.80. The van der Waals surface area contributed by atoms with E-state index in [2.05, 4.69) is 0 Å². The van der Waals surface area contributed by atoms with E-state index in [4.69, 9.17) is 4.74 Å². The second-order valence-corrected chi connectivity index (χ2v) is 8.48. The van der Waals surface area contributed by atoms with Gasteiger partial charge in [-0.3, -0.25) is 24.2 Å². The van der Waals surface area contributed by atoms with Gasteiger partial charge in [0.15, 0.2) is 0 Å². The van der Waals surface area contributed by atoms with Crippen LogP contribution in [0.5, 0.6) is 0 Å². The van der Waals surface area contributed by atoms with E-state index in [1.807, 2.05) is 16.3 Å². The molecule has 4 heterocycles. The fourth-order valence-electron chi connectivity index (χ4n) is 4.08. The predicted molar refractivity (Wildman–Crippen MR) is 108 cm³/mol. The maximum Gasteiger partial charge on any atom is 0.415 e. The molecule has 0 radical (unpaired) electrons. The van der Waals surface area contributed by atoms with Gasteiger partial charge in [0, 0.05) is 19.5 Å². The van der Waals surface area contributed by atoms with Crippen LogP contribution in [0, 0.1) is 0 Å². The third-order valence-electron chi connectivity index (χ3n) is 5.59. The van der Waals surface area contributed by atoms with Gasteiger partial charge in [0.2, 0.25) is 5.91 Å². The van der Waals surface area contributed by atoms with Gasteiger partial charge in [0.1, 0.15) is 11.1 Å². The molecule has 5 rings (SSSR count). The number of hydrogen-bond acceptors (Lipinski definition) is 6. The number of imide groups is 1. The third kappa shape index (κ3) is 3.15. The van der Waals surface area contributed by atoms with Gasteiger partial charge in [0.05, 0.1) is 24.2 Å². The number of fused-ring (bicyclic) bond motifs is 1. The number of ether oxygens (including phenoxy) is 1. The van der Waals surface area contributed by atoms with Crippen LogP contribution < -0.4 is 4.90 Å². The molecular weight excluding hydrogens is 406 g/mol. The number of cyclic esters (lactones) is 1. The molecular formula is C21H19N3O5S. The van der Waals surface area contributed by atoms with Crippen LogP contribution in [0.2, 0.25) is 0 Å². The molecule has 0 spiro atoms. The quantitative estimate of drug-likeness (QED) is 0.687. The number of nitrogens with zero attached hydrogens (tertiary/aromatic N) is 3. The fraction of sp³-hybridized carbons (Fsp3) is 0.333. The molecule has 4 amide bonds. The minimum atomic E-state index is -0.592. The molecule has 1 aromatic carbocycles. The zero-order valence-corrected chi connectivity index (χ0v) is 16.9. The average molecular weight is 425 g/mol. The van der Waals surface area contributed by atoms with Crippen molar-refractivity contribution in [1.82, 2.24) is 9.80 Å². The average Bonchev–Trinajstić information content (AvgIpc) is 3.49. The van der Waals surface area contributed by atoms with Crippen molar-refractivity contribution in [2.24, 2.45) is 0 Å². The highest BCUT2D eigenvalue weighted by molar-refractivity contribution is 7.14.